The van der Waals surface area contributed by atoms with Gasteiger partial charge in [-0.05, 0) is 55.0 Å². The molecule has 0 fully saturated rings. The number of nitrogens with two attached hydrogens (primary N) is 1. The molecule has 0 spiro atoms. The minimum absolute atomic E-state index is 0.212. The van der Waals surface area contributed by atoms with Crippen LogP contribution in [0.5, 0.6) is 0 Å². The van der Waals surface area contributed by atoms with E-state index in [2.05, 4.69) is 4.72 Å². The van der Waals surface area contributed by atoms with Gasteiger partial charge in [-0.25, -0.2) is 13.1 Å². The molecule has 2 aromatic rings. The zero-order valence-electron chi connectivity index (χ0n) is 12.4. The highest BCUT2D eigenvalue weighted by Gasteiger charge is 2.23. The van der Waals surface area contributed by atoms with Gasteiger partial charge in [0, 0.05) is 10.6 Å². The van der Waals surface area contributed by atoms with Gasteiger partial charge >= 0.3 is 0 Å². The Morgan fingerprint density at radius 1 is 1.33 bits per heavy atom. The lowest BCUT2D eigenvalue weighted by Gasteiger charge is -2.18. The Morgan fingerprint density at radius 3 is 2.62 bits per heavy atom. The number of rotatable bonds is 5. The molecule has 1 heterocycles. The molecule has 0 aliphatic rings. The Balaban J connectivity index is 2.39. The van der Waals surface area contributed by atoms with Gasteiger partial charge in [0.2, 0.25) is 10.0 Å². The SMILES string of the molecule is CCC(NS(=O)(=O)c1cc(N)cc(C)c1C)c1cccs1. The number of hydrogen-bond acceptors (Lipinski definition) is 4. The van der Waals surface area contributed by atoms with Crippen LogP contribution >= 0.6 is 11.3 Å². The van der Waals surface area contributed by atoms with Crippen LogP contribution in [-0.4, -0.2) is 8.42 Å². The molecule has 0 saturated heterocycles. The fourth-order valence-electron chi connectivity index (χ4n) is 2.22. The maximum Gasteiger partial charge on any atom is 0.241 e. The van der Waals surface area contributed by atoms with Crippen molar-refractivity contribution in [1.82, 2.24) is 4.72 Å². The molecule has 0 aliphatic carbocycles. The topological polar surface area (TPSA) is 72.2 Å². The van der Waals surface area contributed by atoms with Gasteiger partial charge in [0.15, 0.2) is 0 Å². The van der Waals surface area contributed by atoms with Crippen molar-refractivity contribution in [2.75, 3.05) is 5.73 Å². The van der Waals surface area contributed by atoms with E-state index in [-0.39, 0.29) is 10.9 Å². The fourth-order valence-corrected chi connectivity index (χ4v) is 4.80. The summed E-state index contributed by atoms with van der Waals surface area (Å²) in [6.45, 7) is 5.63. The van der Waals surface area contributed by atoms with Crippen molar-refractivity contribution in [2.24, 2.45) is 0 Å². The van der Waals surface area contributed by atoms with Crippen LogP contribution in [0.25, 0.3) is 0 Å². The van der Waals surface area contributed by atoms with E-state index in [0.717, 1.165) is 16.0 Å². The highest BCUT2D eigenvalue weighted by molar-refractivity contribution is 7.89. The first-order valence-electron chi connectivity index (χ1n) is 6.77. The molecule has 1 atom stereocenters. The summed E-state index contributed by atoms with van der Waals surface area (Å²) < 4.78 is 28.1. The second-order valence-electron chi connectivity index (χ2n) is 5.06. The summed E-state index contributed by atoms with van der Waals surface area (Å²) in [4.78, 5) is 1.27. The molecule has 0 bridgehead atoms. The Labute approximate surface area is 130 Å². The first kappa shape index (κ1) is 16.0. The lowest BCUT2D eigenvalue weighted by atomic mass is 10.1. The van der Waals surface area contributed by atoms with E-state index < -0.39 is 10.0 Å². The molecule has 0 amide bonds. The van der Waals surface area contributed by atoms with Crippen LogP contribution in [0.2, 0.25) is 0 Å². The van der Waals surface area contributed by atoms with Gasteiger partial charge in [-0.2, -0.15) is 0 Å². The molecular formula is C15H20N2O2S2. The standard InChI is InChI=1S/C15H20N2O2S2/c1-4-13(14-6-5-7-20-14)17-21(18,19)15-9-12(16)8-10(2)11(15)3/h5-9,13,17H,4,16H2,1-3H3. The van der Waals surface area contributed by atoms with Crippen LogP contribution in [0.1, 0.15) is 35.4 Å². The molecule has 0 saturated carbocycles. The van der Waals surface area contributed by atoms with Crippen molar-refractivity contribution in [3.8, 4) is 0 Å². The van der Waals surface area contributed by atoms with E-state index in [4.69, 9.17) is 5.73 Å². The number of benzene rings is 1. The minimum atomic E-state index is -3.60. The second kappa shape index (κ2) is 6.17. The van der Waals surface area contributed by atoms with Gasteiger partial charge in [0.1, 0.15) is 0 Å². The van der Waals surface area contributed by atoms with Crippen LogP contribution in [0.3, 0.4) is 0 Å². The van der Waals surface area contributed by atoms with Gasteiger partial charge in [-0.15, -0.1) is 11.3 Å². The lowest BCUT2D eigenvalue weighted by molar-refractivity contribution is 0.552. The average molecular weight is 324 g/mol. The van der Waals surface area contributed by atoms with E-state index >= 15 is 0 Å². The second-order valence-corrected chi connectivity index (χ2v) is 7.72. The van der Waals surface area contributed by atoms with Crippen LogP contribution in [0, 0.1) is 13.8 Å². The van der Waals surface area contributed by atoms with Crippen LogP contribution in [-0.2, 0) is 10.0 Å². The molecule has 21 heavy (non-hydrogen) atoms. The van der Waals surface area contributed by atoms with Gasteiger partial charge in [0.05, 0.1) is 10.9 Å². The third-order valence-corrected chi connectivity index (χ3v) is 6.11. The molecule has 0 radical (unpaired) electrons. The molecule has 1 unspecified atom stereocenters. The lowest BCUT2D eigenvalue weighted by Crippen LogP contribution is -2.28. The summed E-state index contributed by atoms with van der Waals surface area (Å²) in [6.07, 6.45) is 0.695. The highest BCUT2D eigenvalue weighted by atomic mass is 32.2. The minimum Gasteiger partial charge on any atom is -0.399 e. The Morgan fingerprint density at radius 2 is 2.05 bits per heavy atom. The van der Waals surface area contributed by atoms with Gasteiger partial charge in [-0.3, -0.25) is 0 Å². The summed E-state index contributed by atoms with van der Waals surface area (Å²) in [5, 5.41) is 1.95. The highest BCUT2D eigenvalue weighted by Crippen LogP contribution is 2.27. The summed E-state index contributed by atoms with van der Waals surface area (Å²) in [6, 6.07) is 6.96. The zero-order chi connectivity index (χ0) is 15.6. The number of thiophene rings is 1. The molecule has 1 aromatic heterocycles. The smallest absolute Gasteiger partial charge is 0.241 e. The number of hydrogen-bond donors (Lipinski definition) is 2. The summed E-state index contributed by atoms with van der Waals surface area (Å²) >= 11 is 1.55. The number of anilines is 1. The van der Waals surface area contributed by atoms with E-state index in [1.165, 1.54) is 6.07 Å². The summed E-state index contributed by atoms with van der Waals surface area (Å²) in [5.74, 6) is 0. The van der Waals surface area contributed by atoms with Gasteiger partial charge < -0.3 is 5.73 Å². The Hall–Kier alpha value is -1.37. The number of aryl methyl sites for hydroxylation is 1. The first-order valence-corrected chi connectivity index (χ1v) is 9.14. The molecule has 1 aromatic carbocycles. The first-order chi connectivity index (χ1) is 9.85. The van der Waals surface area contributed by atoms with E-state index in [9.17, 15) is 8.42 Å². The fraction of sp³-hybridized carbons (Fsp3) is 0.333. The molecular weight excluding hydrogens is 304 g/mol. The molecule has 3 N–H and O–H groups in total. The summed E-state index contributed by atoms with van der Waals surface area (Å²) in [5.41, 5.74) is 7.86. The van der Waals surface area contributed by atoms with Crippen molar-refractivity contribution in [2.45, 2.75) is 38.1 Å². The Bertz CT molecular complexity index is 722. The van der Waals surface area contributed by atoms with Crippen LogP contribution < -0.4 is 10.5 Å². The number of nitrogen functional groups attached to an aromatic ring is 1. The molecule has 6 heteroatoms. The number of nitrogens with one attached hydrogen (secondary N) is 1. The normalized spacial score (nSPS) is 13.3. The largest absolute Gasteiger partial charge is 0.399 e. The van der Waals surface area contributed by atoms with Gasteiger partial charge in [-0.1, -0.05) is 13.0 Å². The average Bonchev–Trinajstić information content (AvgIpc) is 2.94. The van der Waals surface area contributed by atoms with E-state index in [0.29, 0.717) is 12.1 Å². The predicted octanol–water partition coefficient (Wildman–Crippen LogP) is 3.38. The third kappa shape index (κ3) is 3.45. The maximum absolute atomic E-state index is 12.7. The van der Waals surface area contributed by atoms with Crippen LogP contribution in [0.15, 0.2) is 34.5 Å². The maximum atomic E-state index is 12.7. The quantitative estimate of drug-likeness (QED) is 0.828. The van der Waals surface area contributed by atoms with E-state index in [1.54, 1.807) is 24.3 Å². The monoisotopic (exact) mass is 324 g/mol. The van der Waals surface area contributed by atoms with E-state index in [1.807, 2.05) is 31.4 Å². The predicted molar refractivity (Wildman–Crippen MR) is 88.0 cm³/mol. The zero-order valence-corrected chi connectivity index (χ0v) is 14.0. The van der Waals surface area contributed by atoms with Crippen molar-refractivity contribution >= 4 is 27.0 Å². The molecule has 114 valence electrons. The third-order valence-electron chi connectivity index (χ3n) is 3.52. The molecule has 0 aliphatic heterocycles. The van der Waals surface area contributed by atoms with Crippen molar-refractivity contribution in [3.63, 3.8) is 0 Å². The number of sulfonamides is 1. The molecule has 4 nitrogen and oxygen atoms in total. The summed E-state index contributed by atoms with van der Waals surface area (Å²) in [7, 11) is -3.60. The molecule has 2 rings (SSSR count). The van der Waals surface area contributed by atoms with Crippen LogP contribution in [0.4, 0.5) is 5.69 Å². The Kier molecular flexibility index (Phi) is 4.70. The van der Waals surface area contributed by atoms with Gasteiger partial charge in [0.25, 0.3) is 0 Å². The van der Waals surface area contributed by atoms with Crippen molar-refractivity contribution < 1.29 is 8.42 Å². The van der Waals surface area contributed by atoms with Crippen molar-refractivity contribution in [3.05, 3.63) is 45.6 Å². The van der Waals surface area contributed by atoms with Crippen molar-refractivity contribution in [1.29, 1.82) is 0 Å².